The van der Waals surface area contributed by atoms with E-state index in [2.05, 4.69) is 5.32 Å². The van der Waals surface area contributed by atoms with Gasteiger partial charge in [0, 0.05) is 13.0 Å². The van der Waals surface area contributed by atoms with Gasteiger partial charge in [-0.25, -0.2) is 0 Å². The van der Waals surface area contributed by atoms with Gasteiger partial charge in [-0.15, -0.1) is 0 Å². The summed E-state index contributed by atoms with van der Waals surface area (Å²) in [6.07, 6.45) is -5.02. The van der Waals surface area contributed by atoms with E-state index in [9.17, 15) is 18.0 Å². The highest BCUT2D eigenvalue weighted by Crippen LogP contribution is 2.20. The summed E-state index contributed by atoms with van der Waals surface area (Å²) in [4.78, 5) is 9.97. The average molecular weight is 199 g/mol. The second-order valence-corrected chi connectivity index (χ2v) is 2.61. The van der Waals surface area contributed by atoms with Crippen molar-refractivity contribution in [1.29, 1.82) is 0 Å². The van der Waals surface area contributed by atoms with Gasteiger partial charge in [0.1, 0.15) is 0 Å². The molecule has 0 radical (unpaired) electrons. The summed E-state index contributed by atoms with van der Waals surface area (Å²) in [5, 5.41) is 10.8. The number of carbonyl (C=O) groups is 1. The zero-order valence-corrected chi connectivity index (χ0v) is 7.02. The third-order valence-electron chi connectivity index (χ3n) is 1.33. The van der Waals surface area contributed by atoms with Crippen LogP contribution in [0.15, 0.2) is 0 Å². The molecule has 0 aliphatic rings. The normalized spacial score (nSPS) is 11.6. The van der Waals surface area contributed by atoms with E-state index in [1.54, 1.807) is 0 Å². The number of hydrogen-bond donors (Lipinski definition) is 2. The minimum absolute atomic E-state index is 0.0108. The lowest BCUT2D eigenvalue weighted by atomic mass is 10.3. The average Bonchev–Trinajstić information content (AvgIpc) is 1.93. The van der Waals surface area contributed by atoms with Crippen molar-refractivity contribution < 1.29 is 23.1 Å². The van der Waals surface area contributed by atoms with Crippen molar-refractivity contribution >= 4 is 5.97 Å². The Bertz CT molecular complexity index is 158. The quantitative estimate of drug-likeness (QED) is 0.635. The Morgan fingerprint density at radius 2 is 1.92 bits per heavy atom. The third kappa shape index (κ3) is 11.2. The number of carboxylic acids is 1. The van der Waals surface area contributed by atoms with Gasteiger partial charge in [-0.1, -0.05) is 0 Å². The molecule has 0 spiro atoms. The Balaban J connectivity index is 3.13. The van der Waals surface area contributed by atoms with Crippen LogP contribution in [0.2, 0.25) is 0 Å². The second kappa shape index (κ2) is 5.80. The molecule has 0 unspecified atom stereocenters. The molecule has 0 aromatic rings. The molecule has 0 saturated heterocycles. The molecule has 0 aliphatic heterocycles. The van der Waals surface area contributed by atoms with Crippen molar-refractivity contribution in [2.75, 3.05) is 13.1 Å². The minimum atomic E-state index is -4.12. The van der Waals surface area contributed by atoms with Gasteiger partial charge in [0.05, 0.1) is 6.42 Å². The SMILES string of the molecule is O=C(O)CCNCCCC(F)(F)F. The number of hydrogen-bond acceptors (Lipinski definition) is 2. The molecule has 3 nitrogen and oxygen atoms in total. The number of alkyl halides is 3. The lowest BCUT2D eigenvalue weighted by Crippen LogP contribution is -2.21. The summed E-state index contributed by atoms with van der Waals surface area (Å²) in [5.41, 5.74) is 0. The summed E-state index contributed by atoms with van der Waals surface area (Å²) >= 11 is 0. The molecule has 0 amide bonds. The molecule has 78 valence electrons. The standard InChI is InChI=1S/C7H12F3NO2/c8-7(9,10)3-1-4-11-5-2-6(12)13/h11H,1-5H2,(H,12,13). The van der Waals surface area contributed by atoms with Crippen LogP contribution < -0.4 is 5.32 Å². The van der Waals surface area contributed by atoms with Crippen LogP contribution in [0.25, 0.3) is 0 Å². The van der Waals surface area contributed by atoms with Crippen molar-refractivity contribution in [2.24, 2.45) is 0 Å². The minimum Gasteiger partial charge on any atom is -0.481 e. The molecular weight excluding hydrogens is 187 g/mol. The van der Waals surface area contributed by atoms with E-state index in [-0.39, 0.29) is 25.9 Å². The first kappa shape index (κ1) is 12.2. The van der Waals surface area contributed by atoms with E-state index in [4.69, 9.17) is 5.11 Å². The Morgan fingerprint density at radius 1 is 1.31 bits per heavy atom. The highest BCUT2D eigenvalue weighted by molar-refractivity contribution is 5.66. The highest BCUT2D eigenvalue weighted by Gasteiger charge is 2.25. The molecule has 0 aromatic heterocycles. The zero-order valence-electron chi connectivity index (χ0n) is 7.02. The molecule has 0 aromatic carbocycles. The zero-order chi connectivity index (χ0) is 10.3. The fourth-order valence-corrected chi connectivity index (χ4v) is 0.734. The molecule has 0 saturated carbocycles. The Labute approximate surface area is 73.9 Å². The van der Waals surface area contributed by atoms with Crippen LogP contribution >= 0.6 is 0 Å². The number of aliphatic carboxylic acids is 1. The summed E-state index contributed by atoms with van der Waals surface area (Å²) in [5.74, 6) is -0.955. The molecule has 2 N–H and O–H groups in total. The van der Waals surface area contributed by atoms with Gasteiger partial charge in [0.15, 0.2) is 0 Å². The van der Waals surface area contributed by atoms with Gasteiger partial charge in [0.2, 0.25) is 0 Å². The van der Waals surface area contributed by atoms with Gasteiger partial charge in [0.25, 0.3) is 0 Å². The Hall–Kier alpha value is -0.780. The van der Waals surface area contributed by atoms with Crippen molar-refractivity contribution in [3.05, 3.63) is 0 Å². The highest BCUT2D eigenvalue weighted by atomic mass is 19.4. The monoisotopic (exact) mass is 199 g/mol. The van der Waals surface area contributed by atoms with Crippen LogP contribution in [0, 0.1) is 0 Å². The molecule has 13 heavy (non-hydrogen) atoms. The Morgan fingerprint density at radius 3 is 2.38 bits per heavy atom. The molecule has 0 bridgehead atoms. The fourth-order valence-electron chi connectivity index (χ4n) is 0.734. The molecule has 0 heterocycles. The van der Waals surface area contributed by atoms with Gasteiger partial charge in [-0.2, -0.15) is 13.2 Å². The molecule has 6 heteroatoms. The van der Waals surface area contributed by atoms with E-state index in [1.165, 1.54) is 0 Å². The van der Waals surface area contributed by atoms with Gasteiger partial charge in [-0.05, 0) is 13.0 Å². The van der Waals surface area contributed by atoms with E-state index in [1.807, 2.05) is 0 Å². The van der Waals surface area contributed by atoms with E-state index in [0.29, 0.717) is 0 Å². The number of rotatable bonds is 6. The lowest BCUT2D eigenvalue weighted by Gasteiger charge is -2.05. The Kier molecular flexibility index (Phi) is 5.45. The van der Waals surface area contributed by atoms with Crippen molar-refractivity contribution in [2.45, 2.75) is 25.4 Å². The molecule has 0 aliphatic carbocycles. The van der Waals surface area contributed by atoms with E-state index >= 15 is 0 Å². The van der Waals surface area contributed by atoms with Crippen molar-refractivity contribution in [3.8, 4) is 0 Å². The summed E-state index contributed by atoms with van der Waals surface area (Å²) in [6, 6.07) is 0. The van der Waals surface area contributed by atoms with Gasteiger partial charge >= 0.3 is 12.1 Å². The lowest BCUT2D eigenvalue weighted by molar-refractivity contribution is -0.137. The molecule has 0 rings (SSSR count). The predicted molar refractivity (Wildman–Crippen MR) is 40.4 cm³/mol. The molecule has 0 atom stereocenters. The summed E-state index contributed by atoms with van der Waals surface area (Å²) < 4.78 is 34.7. The number of carboxylic acid groups (broad SMARTS) is 1. The van der Waals surface area contributed by atoms with Gasteiger partial charge < -0.3 is 10.4 Å². The third-order valence-corrected chi connectivity index (χ3v) is 1.33. The molecular formula is C7H12F3NO2. The van der Waals surface area contributed by atoms with Crippen molar-refractivity contribution in [3.63, 3.8) is 0 Å². The summed E-state index contributed by atoms with van der Waals surface area (Å²) in [7, 11) is 0. The number of nitrogens with one attached hydrogen (secondary N) is 1. The first-order valence-electron chi connectivity index (χ1n) is 3.91. The van der Waals surface area contributed by atoms with Crippen LogP contribution in [0.5, 0.6) is 0 Å². The van der Waals surface area contributed by atoms with Crippen LogP contribution in [0.3, 0.4) is 0 Å². The predicted octanol–water partition coefficient (Wildman–Crippen LogP) is 1.39. The van der Waals surface area contributed by atoms with Crippen LogP contribution in [0.4, 0.5) is 13.2 Å². The van der Waals surface area contributed by atoms with E-state index < -0.39 is 18.6 Å². The topological polar surface area (TPSA) is 49.3 Å². The maximum absolute atomic E-state index is 11.6. The van der Waals surface area contributed by atoms with Crippen LogP contribution in [-0.2, 0) is 4.79 Å². The van der Waals surface area contributed by atoms with Crippen LogP contribution in [-0.4, -0.2) is 30.3 Å². The summed E-state index contributed by atoms with van der Waals surface area (Å²) in [6.45, 7) is 0.417. The first-order chi connectivity index (χ1) is 5.92. The first-order valence-corrected chi connectivity index (χ1v) is 3.91. The maximum Gasteiger partial charge on any atom is 0.389 e. The van der Waals surface area contributed by atoms with Crippen LogP contribution in [0.1, 0.15) is 19.3 Å². The largest absolute Gasteiger partial charge is 0.481 e. The maximum atomic E-state index is 11.6. The number of halogens is 3. The smallest absolute Gasteiger partial charge is 0.389 e. The molecule has 0 fully saturated rings. The fraction of sp³-hybridized carbons (Fsp3) is 0.857. The second-order valence-electron chi connectivity index (χ2n) is 2.61. The van der Waals surface area contributed by atoms with Crippen molar-refractivity contribution in [1.82, 2.24) is 5.32 Å². The van der Waals surface area contributed by atoms with Gasteiger partial charge in [-0.3, -0.25) is 4.79 Å². The van der Waals surface area contributed by atoms with E-state index in [0.717, 1.165) is 0 Å².